The van der Waals surface area contributed by atoms with Gasteiger partial charge < -0.3 is 15.3 Å². The van der Waals surface area contributed by atoms with Gasteiger partial charge in [0.1, 0.15) is 17.9 Å². The van der Waals surface area contributed by atoms with Gasteiger partial charge in [-0.3, -0.25) is 9.59 Å². The number of aromatic nitrogens is 2. The van der Waals surface area contributed by atoms with Gasteiger partial charge in [-0.05, 0) is 19.3 Å². The summed E-state index contributed by atoms with van der Waals surface area (Å²) in [6, 6.07) is 2.08. The zero-order valence-corrected chi connectivity index (χ0v) is 14.4. The van der Waals surface area contributed by atoms with E-state index in [0.29, 0.717) is 31.0 Å². The van der Waals surface area contributed by atoms with Crippen molar-refractivity contribution in [3.63, 3.8) is 0 Å². The van der Waals surface area contributed by atoms with E-state index in [-0.39, 0.29) is 24.0 Å². The molecule has 1 saturated carbocycles. The molecule has 0 unspecified atom stereocenters. The average molecular weight is 358 g/mol. The molecule has 2 amide bonds. The molecule has 4 rings (SSSR count). The van der Waals surface area contributed by atoms with Crippen LogP contribution < -0.4 is 15.6 Å². The highest BCUT2D eigenvalue weighted by Gasteiger charge is 2.34. The van der Waals surface area contributed by atoms with Crippen molar-refractivity contribution in [2.24, 2.45) is 5.10 Å². The molecule has 0 aromatic carbocycles. The number of aliphatic hydroxyl groups excluding tert-OH is 1. The Kier molecular flexibility index (Phi) is 4.54. The molecule has 3 N–H and O–H groups in total. The van der Waals surface area contributed by atoms with Crippen LogP contribution in [0, 0.1) is 0 Å². The molecule has 0 radical (unpaired) electrons. The Morgan fingerprint density at radius 1 is 1.31 bits per heavy atom. The molecule has 1 atom stereocenters. The third-order valence-corrected chi connectivity index (χ3v) is 5.22. The Labute approximate surface area is 150 Å². The minimum Gasteiger partial charge on any atom is -0.391 e. The summed E-state index contributed by atoms with van der Waals surface area (Å²) < 4.78 is 0. The van der Waals surface area contributed by atoms with Crippen LogP contribution in [0.2, 0.25) is 0 Å². The topological polar surface area (TPSA) is 120 Å². The van der Waals surface area contributed by atoms with Gasteiger partial charge in [0.25, 0.3) is 5.91 Å². The number of β-amino-alcohol motifs (C(OH)–C–C–N with tert-alkyl or cyclic N) is 1. The fourth-order valence-corrected chi connectivity index (χ4v) is 3.59. The lowest BCUT2D eigenvalue weighted by Gasteiger charge is -2.35. The summed E-state index contributed by atoms with van der Waals surface area (Å²) in [5, 5.41) is 16.5. The standard InChI is InChI=1S/C17H22N6O3/c24-12-3-4-23(8-12)15-7-14(18-9-19-15)10-5-11(6-10)20-17(26)13-1-2-16(25)22-21-13/h7,9-12,24H,1-6,8H2,(H,20,26)(H,22,25)/t10?,11?,12-/m0/s1. The molecule has 26 heavy (non-hydrogen) atoms. The minimum atomic E-state index is -0.288. The third-order valence-electron chi connectivity index (χ3n) is 5.22. The number of hydrazone groups is 1. The monoisotopic (exact) mass is 358 g/mol. The number of carbonyl (C=O) groups is 2. The quantitative estimate of drug-likeness (QED) is 0.678. The average Bonchev–Trinajstić information content (AvgIpc) is 3.05. The van der Waals surface area contributed by atoms with E-state index in [0.717, 1.165) is 37.3 Å². The van der Waals surface area contributed by atoms with Crippen LogP contribution in [-0.4, -0.2) is 57.8 Å². The number of rotatable bonds is 4. The van der Waals surface area contributed by atoms with Crippen LogP contribution in [0.1, 0.15) is 43.7 Å². The number of aliphatic hydroxyl groups is 1. The van der Waals surface area contributed by atoms with Crippen molar-refractivity contribution in [1.29, 1.82) is 0 Å². The fourth-order valence-electron chi connectivity index (χ4n) is 3.59. The number of hydrogen-bond acceptors (Lipinski definition) is 7. The summed E-state index contributed by atoms with van der Waals surface area (Å²) in [7, 11) is 0. The summed E-state index contributed by atoms with van der Waals surface area (Å²) in [6.45, 7) is 1.41. The molecule has 2 fully saturated rings. The van der Waals surface area contributed by atoms with Gasteiger partial charge in [-0.1, -0.05) is 0 Å². The van der Waals surface area contributed by atoms with Crippen LogP contribution in [-0.2, 0) is 9.59 Å². The maximum Gasteiger partial charge on any atom is 0.267 e. The zero-order chi connectivity index (χ0) is 18.1. The summed E-state index contributed by atoms with van der Waals surface area (Å²) in [5.41, 5.74) is 3.70. The summed E-state index contributed by atoms with van der Waals surface area (Å²) in [5.74, 6) is 0.784. The van der Waals surface area contributed by atoms with E-state index >= 15 is 0 Å². The molecule has 1 aliphatic carbocycles. The lowest BCUT2D eigenvalue weighted by atomic mass is 9.78. The van der Waals surface area contributed by atoms with Crippen molar-refractivity contribution in [3.05, 3.63) is 18.1 Å². The van der Waals surface area contributed by atoms with Crippen molar-refractivity contribution in [1.82, 2.24) is 20.7 Å². The Morgan fingerprint density at radius 2 is 2.15 bits per heavy atom. The van der Waals surface area contributed by atoms with Gasteiger partial charge in [0, 0.05) is 49.7 Å². The zero-order valence-electron chi connectivity index (χ0n) is 14.4. The van der Waals surface area contributed by atoms with E-state index in [4.69, 9.17) is 0 Å². The second-order valence-corrected chi connectivity index (χ2v) is 7.12. The van der Waals surface area contributed by atoms with E-state index in [9.17, 15) is 14.7 Å². The van der Waals surface area contributed by atoms with E-state index in [1.54, 1.807) is 6.33 Å². The van der Waals surface area contributed by atoms with Gasteiger partial charge in [-0.15, -0.1) is 0 Å². The highest BCUT2D eigenvalue weighted by molar-refractivity contribution is 6.39. The first-order valence-electron chi connectivity index (χ1n) is 8.99. The summed E-state index contributed by atoms with van der Waals surface area (Å²) >= 11 is 0. The lowest BCUT2D eigenvalue weighted by molar-refractivity contribution is -0.121. The number of carbonyl (C=O) groups excluding carboxylic acids is 2. The van der Waals surface area contributed by atoms with Crippen LogP contribution in [0.3, 0.4) is 0 Å². The van der Waals surface area contributed by atoms with E-state index in [1.165, 1.54) is 0 Å². The largest absolute Gasteiger partial charge is 0.391 e. The highest BCUT2D eigenvalue weighted by atomic mass is 16.3. The van der Waals surface area contributed by atoms with Gasteiger partial charge in [0.05, 0.1) is 6.10 Å². The van der Waals surface area contributed by atoms with Gasteiger partial charge in [-0.25, -0.2) is 15.4 Å². The number of hydrogen-bond donors (Lipinski definition) is 3. The summed E-state index contributed by atoms with van der Waals surface area (Å²) in [6.07, 6.45) is 4.37. The maximum atomic E-state index is 12.2. The Bertz CT molecular complexity index is 746. The molecule has 0 spiro atoms. The molecule has 138 valence electrons. The van der Waals surface area contributed by atoms with Crippen LogP contribution in [0.15, 0.2) is 17.5 Å². The molecule has 1 aromatic rings. The van der Waals surface area contributed by atoms with Crippen molar-refractivity contribution < 1.29 is 14.7 Å². The molecule has 9 nitrogen and oxygen atoms in total. The number of anilines is 1. The van der Waals surface area contributed by atoms with E-state index < -0.39 is 0 Å². The number of nitrogens with one attached hydrogen (secondary N) is 2. The van der Waals surface area contributed by atoms with Gasteiger partial charge in [-0.2, -0.15) is 5.10 Å². The molecule has 3 heterocycles. The van der Waals surface area contributed by atoms with Crippen LogP contribution in [0.5, 0.6) is 0 Å². The molecule has 1 saturated heterocycles. The Hall–Kier alpha value is -2.55. The molecule has 0 bridgehead atoms. The summed E-state index contributed by atoms with van der Waals surface area (Å²) in [4.78, 5) is 34.0. The predicted molar refractivity (Wildman–Crippen MR) is 93.6 cm³/mol. The molecular formula is C17H22N6O3. The lowest BCUT2D eigenvalue weighted by Crippen LogP contribution is -2.47. The fraction of sp³-hybridized carbons (Fsp3) is 0.588. The smallest absolute Gasteiger partial charge is 0.267 e. The first-order chi connectivity index (χ1) is 12.6. The second kappa shape index (κ2) is 6.99. The van der Waals surface area contributed by atoms with Crippen LogP contribution >= 0.6 is 0 Å². The highest BCUT2D eigenvalue weighted by Crippen LogP contribution is 2.36. The SMILES string of the molecule is O=C1CCC(C(=O)NC2CC(c3cc(N4CC[C@H](O)C4)ncn3)C2)=NN1. The van der Waals surface area contributed by atoms with Crippen molar-refractivity contribution in [3.8, 4) is 0 Å². The van der Waals surface area contributed by atoms with Crippen molar-refractivity contribution >= 4 is 23.3 Å². The number of amides is 2. The van der Waals surface area contributed by atoms with E-state index in [1.807, 2.05) is 6.07 Å². The van der Waals surface area contributed by atoms with Crippen LogP contribution in [0.25, 0.3) is 0 Å². The van der Waals surface area contributed by atoms with Gasteiger partial charge in [0.2, 0.25) is 5.91 Å². The minimum absolute atomic E-state index is 0.0971. The molecule has 3 aliphatic rings. The number of nitrogens with zero attached hydrogens (tertiary/aromatic N) is 4. The van der Waals surface area contributed by atoms with Crippen LogP contribution in [0.4, 0.5) is 5.82 Å². The predicted octanol–water partition coefficient (Wildman–Crippen LogP) is -0.324. The molecular weight excluding hydrogens is 336 g/mol. The molecule has 2 aliphatic heterocycles. The first kappa shape index (κ1) is 16.9. The maximum absolute atomic E-state index is 12.2. The Morgan fingerprint density at radius 3 is 2.85 bits per heavy atom. The Balaban J connectivity index is 1.31. The third kappa shape index (κ3) is 3.52. The van der Waals surface area contributed by atoms with E-state index in [2.05, 4.69) is 30.7 Å². The molecule has 1 aromatic heterocycles. The molecule has 9 heteroatoms. The van der Waals surface area contributed by atoms with Crippen molar-refractivity contribution in [2.45, 2.75) is 50.2 Å². The second-order valence-electron chi connectivity index (χ2n) is 7.12. The van der Waals surface area contributed by atoms with Gasteiger partial charge >= 0.3 is 0 Å². The normalized spacial score (nSPS) is 28.2. The first-order valence-corrected chi connectivity index (χ1v) is 8.99. The van der Waals surface area contributed by atoms with Crippen molar-refractivity contribution in [2.75, 3.05) is 18.0 Å². The van der Waals surface area contributed by atoms with Gasteiger partial charge in [0.15, 0.2) is 0 Å².